The summed E-state index contributed by atoms with van der Waals surface area (Å²) >= 11 is 0. The van der Waals surface area contributed by atoms with Gasteiger partial charge in [0.2, 0.25) is 0 Å². The second-order valence-corrected chi connectivity index (χ2v) is 11.7. The first-order chi connectivity index (χ1) is 18.6. The van der Waals surface area contributed by atoms with Crippen molar-refractivity contribution < 1.29 is 9.53 Å². The molecule has 1 amide bonds. The number of rotatable bonds is 9. The highest BCUT2D eigenvalue weighted by Crippen LogP contribution is 2.38. The molecule has 208 valence electrons. The molecule has 1 aliphatic heterocycles. The number of carbonyl (C=O) groups excluding carboxylic acids is 1. The summed E-state index contributed by atoms with van der Waals surface area (Å²) in [5, 5.41) is 0. The van der Waals surface area contributed by atoms with Gasteiger partial charge in [0.1, 0.15) is 5.75 Å². The third kappa shape index (κ3) is 6.27. The smallest absolute Gasteiger partial charge is 0.253 e. The molecule has 1 aromatic heterocycles. The Hall–Kier alpha value is -3.38. The van der Waals surface area contributed by atoms with Crippen molar-refractivity contribution in [2.24, 2.45) is 5.41 Å². The molecule has 0 aliphatic carbocycles. The van der Waals surface area contributed by atoms with Crippen molar-refractivity contribution in [2.45, 2.75) is 67.0 Å². The molecular weight excluding hydrogens is 484 g/mol. The SMILES string of the molecule is C=C(CC(C)(C)C)n1cnc(CN2CCc3cc(OC)ccc3C2c2ccc(C(=O)N(CC)CC)cc2)c1C. The fourth-order valence-corrected chi connectivity index (χ4v) is 5.65. The number of fused-ring (bicyclic) bond motifs is 1. The number of methoxy groups -OCH3 is 1. The average molecular weight is 529 g/mol. The molecule has 1 unspecified atom stereocenters. The van der Waals surface area contributed by atoms with Gasteiger partial charge in [0.15, 0.2) is 0 Å². The summed E-state index contributed by atoms with van der Waals surface area (Å²) in [6, 6.07) is 14.6. The molecule has 0 radical (unpaired) electrons. The summed E-state index contributed by atoms with van der Waals surface area (Å²) < 4.78 is 7.67. The van der Waals surface area contributed by atoms with Crippen LogP contribution >= 0.6 is 0 Å². The Balaban J connectivity index is 1.67. The van der Waals surface area contributed by atoms with Crippen molar-refractivity contribution in [2.75, 3.05) is 26.7 Å². The summed E-state index contributed by atoms with van der Waals surface area (Å²) in [7, 11) is 1.71. The molecular formula is C33H44N4O2. The summed E-state index contributed by atoms with van der Waals surface area (Å²) in [4.78, 5) is 22.1. The number of benzene rings is 2. The van der Waals surface area contributed by atoms with Gasteiger partial charge in [-0.3, -0.25) is 9.69 Å². The summed E-state index contributed by atoms with van der Waals surface area (Å²) in [6.45, 7) is 20.3. The van der Waals surface area contributed by atoms with Crippen molar-refractivity contribution in [3.63, 3.8) is 0 Å². The number of ether oxygens (including phenoxy) is 1. The molecule has 1 atom stereocenters. The van der Waals surface area contributed by atoms with Crippen LogP contribution in [0.2, 0.25) is 0 Å². The van der Waals surface area contributed by atoms with Crippen molar-refractivity contribution >= 4 is 11.6 Å². The van der Waals surface area contributed by atoms with Crippen LogP contribution in [0.15, 0.2) is 55.4 Å². The monoisotopic (exact) mass is 528 g/mol. The second-order valence-electron chi connectivity index (χ2n) is 11.7. The van der Waals surface area contributed by atoms with E-state index in [0.717, 1.165) is 54.3 Å². The Morgan fingerprint density at radius 1 is 1.13 bits per heavy atom. The molecule has 0 N–H and O–H groups in total. The maximum absolute atomic E-state index is 12.9. The number of nitrogens with zero attached hydrogens (tertiary/aromatic N) is 4. The number of hydrogen-bond donors (Lipinski definition) is 0. The normalized spacial score (nSPS) is 15.6. The number of aromatic nitrogens is 2. The molecule has 2 aromatic carbocycles. The van der Waals surface area contributed by atoms with E-state index in [4.69, 9.17) is 9.72 Å². The Morgan fingerprint density at radius 2 is 1.82 bits per heavy atom. The van der Waals surface area contributed by atoms with Crippen LogP contribution in [0.5, 0.6) is 5.75 Å². The van der Waals surface area contributed by atoms with Crippen LogP contribution < -0.4 is 4.74 Å². The zero-order chi connectivity index (χ0) is 28.3. The van der Waals surface area contributed by atoms with Gasteiger partial charge in [0.25, 0.3) is 5.91 Å². The first-order valence-electron chi connectivity index (χ1n) is 14.1. The van der Waals surface area contributed by atoms with Crippen LogP contribution in [0, 0.1) is 12.3 Å². The van der Waals surface area contributed by atoms with E-state index in [0.29, 0.717) is 13.1 Å². The topological polar surface area (TPSA) is 50.6 Å². The largest absolute Gasteiger partial charge is 0.497 e. The van der Waals surface area contributed by atoms with Crippen LogP contribution in [0.25, 0.3) is 5.70 Å². The zero-order valence-electron chi connectivity index (χ0n) is 24.8. The van der Waals surface area contributed by atoms with Crippen LogP contribution in [-0.4, -0.2) is 52.0 Å². The Morgan fingerprint density at radius 3 is 2.44 bits per heavy atom. The molecule has 39 heavy (non-hydrogen) atoms. The van der Waals surface area contributed by atoms with Gasteiger partial charge < -0.3 is 14.2 Å². The van der Waals surface area contributed by atoms with E-state index in [1.165, 1.54) is 16.7 Å². The van der Waals surface area contributed by atoms with E-state index >= 15 is 0 Å². The fraction of sp³-hybridized carbons (Fsp3) is 0.455. The number of imidazole rings is 1. The average Bonchev–Trinajstić information content (AvgIpc) is 3.28. The number of carbonyl (C=O) groups is 1. The summed E-state index contributed by atoms with van der Waals surface area (Å²) in [5.74, 6) is 0.960. The molecule has 4 rings (SSSR count). The lowest BCUT2D eigenvalue weighted by Gasteiger charge is -2.38. The number of amides is 1. The van der Waals surface area contributed by atoms with Gasteiger partial charge in [-0.2, -0.15) is 0 Å². The molecule has 0 saturated carbocycles. The fourth-order valence-electron chi connectivity index (χ4n) is 5.65. The van der Waals surface area contributed by atoms with Gasteiger partial charge in [-0.25, -0.2) is 4.98 Å². The molecule has 3 aromatic rings. The Kier molecular flexibility index (Phi) is 8.65. The highest BCUT2D eigenvalue weighted by atomic mass is 16.5. The van der Waals surface area contributed by atoms with Crippen molar-refractivity contribution in [3.05, 3.63) is 89.0 Å². The van der Waals surface area contributed by atoms with E-state index in [1.54, 1.807) is 7.11 Å². The molecule has 1 aliphatic rings. The number of hydrogen-bond acceptors (Lipinski definition) is 4. The van der Waals surface area contributed by atoms with E-state index in [1.807, 2.05) is 43.3 Å². The highest BCUT2D eigenvalue weighted by Gasteiger charge is 2.30. The van der Waals surface area contributed by atoms with Gasteiger partial charge in [-0.15, -0.1) is 0 Å². The van der Waals surface area contributed by atoms with Crippen LogP contribution in [0.3, 0.4) is 0 Å². The van der Waals surface area contributed by atoms with Gasteiger partial charge in [-0.05, 0) is 80.0 Å². The Labute approximate surface area is 234 Å². The number of allylic oxidation sites excluding steroid dienone is 1. The second kappa shape index (κ2) is 11.8. The lowest BCUT2D eigenvalue weighted by atomic mass is 9.87. The molecule has 0 fully saturated rings. The molecule has 0 spiro atoms. The third-order valence-electron chi connectivity index (χ3n) is 7.74. The van der Waals surface area contributed by atoms with Crippen molar-refractivity contribution in [1.29, 1.82) is 0 Å². The predicted molar refractivity (Wildman–Crippen MR) is 159 cm³/mol. The molecule has 0 saturated heterocycles. The third-order valence-corrected chi connectivity index (χ3v) is 7.74. The van der Waals surface area contributed by atoms with E-state index in [9.17, 15) is 4.79 Å². The molecule has 6 nitrogen and oxygen atoms in total. The minimum Gasteiger partial charge on any atom is -0.497 e. The van der Waals surface area contributed by atoms with Crippen molar-refractivity contribution in [3.8, 4) is 5.75 Å². The molecule has 0 bridgehead atoms. The first kappa shape index (κ1) is 28.6. The van der Waals surface area contributed by atoms with Gasteiger partial charge in [-0.1, -0.05) is 45.5 Å². The lowest BCUT2D eigenvalue weighted by molar-refractivity contribution is 0.0773. The van der Waals surface area contributed by atoms with Gasteiger partial charge in [0, 0.05) is 43.1 Å². The Bertz CT molecular complexity index is 1310. The van der Waals surface area contributed by atoms with Crippen LogP contribution in [-0.2, 0) is 13.0 Å². The van der Waals surface area contributed by atoms with Gasteiger partial charge >= 0.3 is 0 Å². The summed E-state index contributed by atoms with van der Waals surface area (Å²) in [6.07, 6.45) is 3.77. The maximum Gasteiger partial charge on any atom is 0.253 e. The van der Waals surface area contributed by atoms with E-state index < -0.39 is 0 Å². The van der Waals surface area contributed by atoms with Crippen molar-refractivity contribution in [1.82, 2.24) is 19.4 Å². The first-order valence-corrected chi connectivity index (χ1v) is 14.1. The summed E-state index contributed by atoms with van der Waals surface area (Å²) in [5.41, 5.74) is 7.93. The predicted octanol–water partition coefficient (Wildman–Crippen LogP) is 6.74. The highest BCUT2D eigenvalue weighted by molar-refractivity contribution is 5.94. The lowest BCUT2D eigenvalue weighted by Crippen LogP contribution is -2.36. The van der Waals surface area contributed by atoms with Gasteiger partial charge in [0.05, 0.1) is 25.2 Å². The van der Waals surface area contributed by atoms with Crippen LogP contribution in [0.1, 0.15) is 85.5 Å². The minimum atomic E-state index is 0.0552. The molecule has 6 heteroatoms. The standard InChI is InChI=1S/C33H44N4O2/c1-9-35(10-2)32(38)26-13-11-25(12-14-26)31-29-16-15-28(39-8)19-27(29)17-18-36(31)21-30-24(4)37(22-34-30)23(3)20-33(5,6)7/h11-16,19,22,31H,3,9-10,17-18,20-21H2,1-2,4-8H3. The van der Waals surface area contributed by atoms with E-state index in [-0.39, 0.29) is 17.4 Å². The maximum atomic E-state index is 12.9. The minimum absolute atomic E-state index is 0.0552. The zero-order valence-corrected chi connectivity index (χ0v) is 24.8. The quantitative estimate of drug-likeness (QED) is 0.309. The van der Waals surface area contributed by atoms with E-state index in [2.05, 4.69) is 68.0 Å². The molecule has 2 heterocycles. The van der Waals surface area contributed by atoms with Crippen LogP contribution in [0.4, 0.5) is 0 Å².